The summed E-state index contributed by atoms with van der Waals surface area (Å²) >= 11 is 7.18. The molecule has 3 aromatic rings. The maximum atomic E-state index is 12.6. The van der Waals surface area contributed by atoms with Gasteiger partial charge in [0.1, 0.15) is 16.5 Å². The third-order valence-electron chi connectivity index (χ3n) is 3.70. The molecule has 0 saturated heterocycles. The second kappa shape index (κ2) is 7.57. The van der Waals surface area contributed by atoms with Gasteiger partial charge in [-0.3, -0.25) is 0 Å². The summed E-state index contributed by atoms with van der Waals surface area (Å²) in [6.45, 7) is 1.76. The normalized spacial score (nSPS) is 12.3. The topological polar surface area (TPSA) is 79.6 Å². The van der Waals surface area contributed by atoms with Crippen LogP contribution in [0.4, 0.5) is 0 Å². The lowest BCUT2D eigenvalue weighted by Gasteiger charge is -2.05. The molecular weight excluding hydrogens is 392 g/mol. The minimum Gasteiger partial charge on any atom is -0.411 e. The third kappa shape index (κ3) is 3.95. The SMILES string of the molecule is Cc1nc(-c2ccc(Cl)cc2)sc1C(CS(=O)(=O)c1ccccc1)=NO. The second-order valence-electron chi connectivity index (χ2n) is 5.56. The van der Waals surface area contributed by atoms with Crippen LogP contribution in [-0.2, 0) is 9.84 Å². The highest BCUT2D eigenvalue weighted by Crippen LogP contribution is 2.30. The summed E-state index contributed by atoms with van der Waals surface area (Å²) in [5.41, 5.74) is 1.54. The lowest BCUT2D eigenvalue weighted by molar-refractivity contribution is 0.319. The van der Waals surface area contributed by atoms with Gasteiger partial charge in [-0.2, -0.15) is 0 Å². The first-order chi connectivity index (χ1) is 12.4. The molecule has 8 heteroatoms. The van der Waals surface area contributed by atoms with Gasteiger partial charge in [0.15, 0.2) is 9.84 Å². The number of aryl methyl sites for hydroxylation is 1. The molecule has 5 nitrogen and oxygen atoms in total. The molecule has 26 heavy (non-hydrogen) atoms. The van der Waals surface area contributed by atoms with Crippen LogP contribution in [0.25, 0.3) is 10.6 Å². The number of thiazole rings is 1. The van der Waals surface area contributed by atoms with E-state index in [9.17, 15) is 13.6 Å². The van der Waals surface area contributed by atoms with Crippen molar-refractivity contribution >= 4 is 38.5 Å². The third-order valence-corrected chi connectivity index (χ3v) is 6.85. The average Bonchev–Trinajstić information content (AvgIpc) is 3.03. The van der Waals surface area contributed by atoms with E-state index in [1.165, 1.54) is 23.5 Å². The molecule has 3 rings (SSSR count). The first kappa shape index (κ1) is 18.6. The van der Waals surface area contributed by atoms with Gasteiger partial charge < -0.3 is 5.21 Å². The minimum absolute atomic E-state index is 0.0732. The van der Waals surface area contributed by atoms with Crippen LogP contribution in [-0.4, -0.2) is 30.1 Å². The van der Waals surface area contributed by atoms with E-state index in [1.54, 1.807) is 37.3 Å². The van der Waals surface area contributed by atoms with Crippen LogP contribution >= 0.6 is 22.9 Å². The van der Waals surface area contributed by atoms with Crippen molar-refractivity contribution in [3.8, 4) is 10.6 Å². The van der Waals surface area contributed by atoms with Crippen molar-refractivity contribution in [3.63, 3.8) is 0 Å². The quantitative estimate of drug-likeness (QED) is 0.386. The van der Waals surface area contributed by atoms with Crippen molar-refractivity contribution in [1.29, 1.82) is 0 Å². The van der Waals surface area contributed by atoms with Crippen LogP contribution in [0.2, 0.25) is 5.02 Å². The van der Waals surface area contributed by atoms with Gasteiger partial charge in [-0.1, -0.05) is 47.1 Å². The molecular formula is C18H15ClN2O3S2. The summed E-state index contributed by atoms with van der Waals surface area (Å²) in [6, 6.07) is 15.3. The van der Waals surface area contributed by atoms with Gasteiger partial charge >= 0.3 is 0 Å². The second-order valence-corrected chi connectivity index (χ2v) is 8.98. The van der Waals surface area contributed by atoms with Crippen molar-refractivity contribution in [2.75, 3.05) is 5.75 Å². The summed E-state index contributed by atoms with van der Waals surface area (Å²) < 4.78 is 25.2. The predicted octanol–water partition coefficient (Wildman–Crippen LogP) is 4.42. The minimum atomic E-state index is -3.63. The fourth-order valence-electron chi connectivity index (χ4n) is 2.41. The lowest BCUT2D eigenvalue weighted by atomic mass is 10.2. The molecule has 0 aliphatic rings. The number of sulfone groups is 1. The molecule has 0 unspecified atom stereocenters. The van der Waals surface area contributed by atoms with Crippen molar-refractivity contribution in [3.05, 3.63) is 70.2 Å². The lowest BCUT2D eigenvalue weighted by Crippen LogP contribution is -2.17. The molecule has 0 atom stereocenters. The highest BCUT2D eigenvalue weighted by Gasteiger charge is 2.23. The zero-order valence-electron chi connectivity index (χ0n) is 13.8. The number of aromatic nitrogens is 1. The zero-order chi connectivity index (χ0) is 18.7. The van der Waals surface area contributed by atoms with Gasteiger partial charge in [-0.05, 0) is 31.2 Å². The number of hydrogen-bond donors (Lipinski definition) is 1. The monoisotopic (exact) mass is 406 g/mol. The molecule has 134 valence electrons. The van der Waals surface area contributed by atoms with Gasteiger partial charge in [0.05, 0.1) is 15.5 Å². The Morgan fingerprint density at radius 3 is 2.42 bits per heavy atom. The Bertz CT molecular complexity index is 1040. The van der Waals surface area contributed by atoms with Crippen molar-refractivity contribution in [1.82, 2.24) is 4.98 Å². The maximum absolute atomic E-state index is 12.6. The highest BCUT2D eigenvalue weighted by molar-refractivity contribution is 7.92. The van der Waals surface area contributed by atoms with Crippen LogP contribution in [0.1, 0.15) is 10.6 Å². The Morgan fingerprint density at radius 2 is 1.81 bits per heavy atom. The summed E-state index contributed by atoms with van der Waals surface area (Å²) in [7, 11) is -3.63. The number of hydrogen-bond acceptors (Lipinski definition) is 6. The molecule has 0 aliphatic heterocycles. The Balaban J connectivity index is 1.93. The van der Waals surface area contributed by atoms with Gasteiger partial charge in [0, 0.05) is 10.6 Å². The van der Waals surface area contributed by atoms with E-state index in [2.05, 4.69) is 10.1 Å². The Morgan fingerprint density at radius 1 is 1.15 bits per heavy atom. The molecule has 0 amide bonds. The average molecular weight is 407 g/mol. The van der Waals surface area contributed by atoms with E-state index in [4.69, 9.17) is 11.6 Å². The van der Waals surface area contributed by atoms with Crippen LogP contribution in [0.5, 0.6) is 0 Å². The van der Waals surface area contributed by atoms with Crippen molar-refractivity contribution in [2.45, 2.75) is 11.8 Å². The highest BCUT2D eigenvalue weighted by atomic mass is 35.5. The molecule has 1 aromatic heterocycles. The van der Waals surface area contributed by atoms with Gasteiger partial charge in [0.2, 0.25) is 0 Å². The number of oxime groups is 1. The molecule has 1 heterocycles. The maximum Gasteiger partial charge on any atom is 0.184 e. The molecule has 0 spiro atoms. The summed E-state index contributed by atoms with van der Waals surface area (Å²) in [6.07, 6.45) is 0. The number of halogens is 1. The fraction of sp³-hybridized carbons (Fsp3) is 0.111. The Kier molecular flexibility index (Phi) is 5.41. The number of benzene rings is 2. The first-order valence-corrected chi connectivity index (χ1v) is 10.5. The standard InChI is InChI=1S/C18H15ClN2O3S2/c1-12-17(25-18(20-12)13-7-9-14(19)10-8-13)16(21-22)11-26(23,24)15-5-3-2-4-6-15/h2-10,22H,11H2,1H3. The number of nitrogens with zero attached hydrogens (tertiary/aromatic N) is 2. The zero-order valence-corrected chi connectivity index (χ0v) is 16.1. The molecule has 0 bridgehead atoms. The molecule has 0 saturated carbocycles. The van der Waals surface area contributed by atoms with Crippen LogP contribution < -0.4 is 0 Å². The Labute approximate surface area is 160 Å². The van der Waals surface area contributed by atoms with Gasteiger partial charge in [-0.15, -0.1) is 11.3 Å². The molecule has 2 aromatic carbocycles. The predicted molar refractivity (Wildman–Crippen MR) is 104 cm³/mol. The van der Waals surface area contributed by atoms with E-state index in [0.29, 0.717) is 20.6 Å². The van der Waals surface area contributed by atoms with E-state index < -0.39 is 15.6 Å². The van der Waals surface area contributed by atoms with Crippen LogP contribution in [0.3, 0.4) is 0 Å². The van der Waals surface area contributed by atoms with Gasteiger partial charge in [-0.25, -0.2) is 13.4 Å². The first-order valence-electron chi connectivity index (χ1n) is 7.63. The molecule has 0 aliphatic carbocycles. The summed E-state index contributed by atoms with van der Waals surface area (Å²) in [5.74, 6) is -0.406. The molecule has 1 N–H and O–H groups in total. The fourth-order valence-corrected chi connectivity index (χ4v) is 4.98. The number of rotatable bonds is 5. The van der Waals surface area contributed by atoms with Crippen molar-refractivity contribution in [2.24, 2.45) is 5.16 Å². The van der Waals surface area contributed by atoms with E-state index >= 15 is 0 Å². The summed E-state index contributed by atoms with van der Waals surface area (Å²) in [5, 5.41) is 14.0. The molecule has 0 fully saturated rings. The van der Waals surface area contributed by atoms with Gasteiger partial charge in [0.25, 0.3) is 0 Å². The Hall–Kier alpha value is -2.22. The van der Waals surface area contributed by atoms with Crippen molar-refractivity contribution < 1.29 is 13.6 Å². The van der Waals surface area contributed by atoms with E-state index in [1.807, 2.05) is 12.1 Å². The van der Waals surface area contributed by atoms with E-state index in [-0.39, 0.29) is 10.6 Å². The van der Waals surface area contributed by atoms with Crippen LogP contribution in [0, 0.1) is 6.92 Å². The summed E-state index contributed by atoms with van der Waals surface area (Å²) in [4.78, 5) is 5.19. The smallest absolute Gasteiger partial charge is 0.184 e. The molecule has 0 radical (unpaired) electrons. The largest absolute Gasteiger partial charge is 0.411 e. The van der Waals surface area contributed by atoms with Crippen LogP contribution in [0.15, 0.2) is 64.6 Å². The van der Waals surface area contributed by atoms with E-state index in [0.717, 1.165) is 5.56 Å².